The Morgan fingerprint density at radius 3 is 2.76 bits per heavy atom. The molecule has 4 rings (SSSR count). The maximum Gasteiger partial charge on any atom is 0.191 e. The predicted molar refractivity (Wildman–Crippen MR) is 117 cm³/mol. The molecule has 0 unspecified atom stereocenters. The molecule has 7 heteroatoms. The Labute approximate surface area is 174 Å². The van der Waals surface area contributed by atoms with Crippen molar-refractivity contribution in [1.29, 1.82) is 0 Å². The molecule has 0 radical (unpaired) electrons. The van der Waals surface area contributed by atoms with Crippen molar-refractivity contribution >= 4 is 11.6 Å². The molecule has 3 heterocycles. The van der Waals surface area contributed by atoms with Crippen LogP contribution in [0.5, 0.6) is 0 Å². The number of aromatic nitrogens is 3. The quantitative estimate of drug-likeness (QED) is 0.427. The van der Waals surface area contributed by atoms with Gasteiger partial charge in [-0.15, -0.1) is 10.2 Å². The maximum atomic E-state index is 4.81. The highest BCUT2D eigenvalue weighted by Crippen LogP contribution is 2.26. The van der Waals surface area contributed by atoms with Gasteiger partial charge in [-0.05, 0) is 51.2 Å². The zero-order valence-corrected chi connectivity index (χ0v) is 17.7. The molecule has 158 valence electrons. The summed E-state index contributed by atoms with van der Waals surface area (Å²) in [4.78, 5) is 7.53. The van der Waals surface area contributed by atoms with Gasteiger partial charge in [0.1, 0.15) is 5.82 Å². The lowest BCUT2D eigenvalue weighted by Crippen LogP contribution is -2.50. The van der Waals surface area contributed by atoms with Crippen molar-refractivity contribution in [2.75, 3.05) is 26.2 Å². The second-order valence-electron chi connectivity index (χ2n) is 8.30. The standard InChI is InChI=1S/C22H35N7/c1-2-23-22(25-18-12-16-28(17-13-18)19-8-3-4-9-19)24-14-7-11-21-27-26-20-10-5-6-15-29(20)21/h5-6,10,15,18-19H,2-4,7-9,11-14,16-17H2,1H3,(H2,23,24,25). The van der Waals surface area contributed by atoms with Gasteiger partial charge in [-0.2, -0.15) is 0 Å². The number of guanidine groups is 1. The molecule has 0 aromatic carbocycles. The molecule has 1 saturated carbocycles. The Morgan fingerprint density at radius 1 is 1.14 bits per heavy atom. The molecule has 2 N–H and O–H groups in total. The molecule has 1 aliphatic heterocycles. The number of aryl methyl sites for hydroxylation is 1. The fourth-order valence-electron chi connectivity index (χ4n) is 4.68. The van der Waals surface area contributed by atoms with Gasteiger partial charge in [0.05, 0.1) is 0 Å². The van der Waals surface area contributed by atoms with E-state index in [0.29, 0.717) is 6.04 Å². The highest BCUT2D eigenvalue weighted by Gasteiger charge is 2.27. The molecule has 1 saturated heterocycles. The van der Waals surface area contributed by atoms with E-state index in [9.17, 15) is 0 Å². The largest absolute Gasteiger partial charge is 0.357 e. The molecule has 0 amide bonds. The normalized spacial score (nSPS) is 19.8. The minimum absolute atomic E-state index is 0.533. The first kappa shape index (κ1) is 20.1. The van der Waals surface area contributed by atoms with Crippen molar-refractivity contribution in [3.8, 4) is 0 Å². The molecule has 0 spiro atoms. The second-order valence-corrected chi connectivity index (χ2v) is 8.30. The summed E-state index contributed by atoms with van der Waals surface area (Å²) in [6.45, 7) is 6.26. The average Bonchev–Trinajstić information content (AvgIpc) is 3.42. The summed E-state index contributed by atoms with van der Waals surface area (Å²) in [5.74, 6) is 1.96. The molecule has 7 nitrogen and oxygen atoms in total. The number of rotatable bonds is 7. The van der Waals surface area contributed by atoms with Gasteiger partial charge in [0.25, 0.3) is 0 Å². The molecule has 0 atom stereocenters. The van der Waals surface area contributed by atoms with Gasteiger partial charge >= 0.3 is 0 Å². The fraction of sp³-hybridized carbons (Fsp3) is 0.682. The first-order valence-electron chi connectivity index (χ1n) is 11.4. The van der Waals surface area contributed by atoms with E-state index in [4.69, 9.17) is 4.99 Å². The van der Waals surface area contributed by atoms with Crippen molar-refractivity contribution in [3.63, 3.8) is 0 Å². The van der Waals surface area contributed by atoms with E-state index >= 15 is 0 Å². The Balaban J connectivity index is 1.23. The monoisotopic (exact) mass is 397 g/mol. The number of hydrogen-bond acceptors (Lipinski definition) is 4. The number of hydrogen-bond donors (Lipinski definition) is 2. The Morgan fingerprint density at radius 2 is 1.97 bits per heavy atom. The summed E-state index contributed by atoms with van der Waals surface area (Å²) in [6, 6.07) is 7.38. The topological polar surface area (TPSA) is 69.8 Å². The van der Waals surface area contributed by atoms with Crippen LogP contribution in [0, 0.1) is 0 Å². The third-order valence-corrected chi connectivity index (χ3v) is 6.27. The molecule has 2 fully saturated rings. The third kappa shape index (κ3) is 5.26. The zero-order valence-electron chi connectivity index (χ0n) is 17.7. The fourth-order valence-corrected chi connectivity index (χ4v) is 4.68. The first-order valence-corrected chi connectivity index (χ1v) is 11.4. The van der Waals surface area contributed by atoms with Crippen LogP contribution in [0.1, 0.15) is 57.7 Å². The molecule has 29 heavy (non-hydrogen) atoms. The van der Waals surface area contributed by atoms with Gasteiger partial charge in [0.2, 0.25) is 0 Å². The van der Waals surface area contributed by atoms with Gasteiger partial charge < -0.3 is 15.5 Å². The molecule has 2 aliphatic rings. The lowest BCUT2D eigenvalue weighted by atomic mass is 10.0. The average molecular weight is 398 g/mol. The molecule has 1 aliphatic carbocycles. The van der Waals surface area contributed by atoms with Gasteiger partial charge in [0, 0.05) is 50.9 Å². The van der Waals surface area contributed by atoms with E-state index in [-0.39, 0.29) is 0 Å². The number of aliphatic imine (C=N–C) groups is 1. The van der Waals surface area contributed by atoms with Gasteiger partial charge in [-0.3, -0.25) is 9.39 Å². The summed E-state index contributed by atoms with van der Waals surface area (Å²) >= 11 is 0. The van der Waals surface area contributed by atoms with Gasteiger partial charge in [-0.25, -0.2) is 0 Å². The highest BCUT2D eigenvalue weighted by atomic mass is 15.2. The van der Waals surface area contributed by atoms with Crippen LogP contribution < -0.4 is 10.6 Å². The summed E-state index contributed by atoms with van der Waals surface area (Å²) in [6.07, 6.45) is 12.0. The van der Waals surface area contributed by atoms with E-state index in [2.05, 4.69) is 37.1 Å². The van der Waals surface area contributed by atoms with E-state index in [1.165, 1.54) is 51.6 Å². The number of nitrogens with zero attached hydrogens (tertiary/aromatic N) is 5. The SMILES string of the molecule is CCNC(=NCCCc1nnc2ccccn12)NC1CCN(C2CCCC2)CC1. The summed E-state index contributed by atoms with van der Waals surface area (Å²) in [7, 11) is 0. The second kappa shape index (κ2) is 10.1. The summed E-state index contributed by atoms with van der Waals surface area (Å²) < 4.78 is 2.06. The third-order valence-electron chi connectivity index (χ3n) is 6.27. The van der Waals surface area contributed by atoms with E-state index in [0.717, 1.165) is 49.4 Å². The van der Waals surface area contributed by atoms with Crippen molar-refractivity contribution in [2.24, 2.45) is 4.99 Å². The highest BCUT2D eigenvalue weighted by molar-refractivity contribution is 5.80. The van der Waals surface area contributed by atoms with Crippen LogP contribution in [0.2, 0.25) is 0 Å². The van der Waals surface area contributed by atoms with Gasteiger partial charge in [0.15, 0.2) is 11.6 Å². The Hall–Kier alpha value is -2.15. The predicted octanol–water partition coefficient (Wildman–Crippen LogP) is 2.62. The minimum atomic E-state index is 0.533. The molecular weight excluding hydrogens is 362 g/mol. The lowest BCUT2D eigenvalue weighted by molar-refractivity contribution is 0.150. The van der Waals surface area contributed by atoms with E-state index < -0.39 is 0 Å². The smallest absolute Gasteiger partial charge is 0.191 e. The number of nitrogens with one attached hydrogen (secondary N) is 2. The van der Waals surface area contributed by atoms with Crippen LogP contribution in [-0.4, -0.2) is 63.7 Å². The minimum Gasteiger partial charge on any atom is -0.357 e. The Kier molecular flexibility index (Phi) is 6.98. The maximum absolute atomic E-state index is 4.81. The Bertz CT molecular complexity index is 785. The molecular formula is C22H35N7. The zero-order chi connectivity index (χ0) is 19.9. The van der Waals surface area contributed by atoms with Crippen LogP contribution in [-0.2, 0) is 6.42 Å². The van der Waals surface area contributed by atoms with Crippen LogP contribution in [0.4, 0.5) is 0 Å². The number of fused-ring (bicyclic) bond motifs is 1. The van der Waals surface area contributed by atoms with Crippen molar-refractivity contribution in [2.45, 2.75) is 70.4 Å². The molecule has 2 aromatic rings. The molecule has 2 aromatic heterocycles. The van der Waals surface area contributed by atoms with E-state index in [1.54, 1.807) is 0 Å². The van der Waals surface area contributed by atoms with Crippen molar-refractivity contribution in [3.05, 3.63) is 30.2 Å². The van der Waals surface area contributed by atoms with Crippen molar-refractivity contribution < 1.29 is 0 Å². The van der Waals surface area contributed by atoms with E-state index in [1.807, 2.05) is 24.4 Å². The van der Waals surface area contributed by atoms with Crippen LogP contribution >= 0.6 is 0 Å². The summed E-state index contributed by atoms with van der Waals surface area (Å²) in [5, 5.41) is 15.6. The summed E-state index contributed by atoms with van der Waals surface area (Å²) in [5.41, 5.74) is 0.907. The van der Waals surface area contributed by atoms with Crippen LogP contribution in [0.3, 0.4) is 0 Å². The van der Waals surface area contributed by atoms with Crippen LogP contribution in [0.15, 0.2) is 29.4 Å². The first-order chi connectivity index (χ1) is 14.3. The molecule has 0 bridgehead atoms. The van der Waals surface area contributed by atoms with Gasteiger partial charge in [-0.1, -0.05) is 18.9 Å². The number of pyridine rings is 1. The van der Waals surface area contributed by atoms with Crippen molar-refractivity contribution in [1.82, 2.24) is 30.1 Å². The number of likely N-dealkylation sites (tertiary alicyclic amines) is 1. The number of piperidine rings is 1. The lowest BCUT2D eigenvalue weighted by Gasteiger charge is -2.36. The van der Waals surface area contributed by atoms with Crippen LogP contribution in [0.25, 0.3) is 5.65 Å².